The van der Waals surface area contributed by atoms with Gasteiger partial charge in [0.05, 0.1) is 6.33 Å². The summed E-state index contributed by atoms with van der Waals surface area (Å²) in [5, 5.41) is 3.82. The van der Waals surface area contributed by atoms with Crippen LogP contribution in [-0.4, -0.2) is 26.0 Å². The standard InChI is InChI=1S/C14H20ClN5/c1-8(2)9-5-3-4-6-10(9)18-13-11-12(17-7-16-11)19-14(15)20-13/h7-10H,3-6H2,1-2H3,(H2,16,17,18,19,20). The fourth-order valence-electron chi connectivity index (χ4n) is 3.22. The molecule has 0 bridgehead atoms. The number of rotatable bonds is 3. The van der Waals surface area contributed by atoms with Gasteiger partial charge < -0.3 is 10.3 Å². The van der Waals surface area contributed by atoms with Gasteiger partial charge in [0.1, 0.15) is 5.52 Å². The number of hydrogen-bond donors (Lipinski definition) is 2. The number of anilines is 1. The van der Waals surface area contributed by atoms with Crippen molar-refractivity contribution in [1.29, 1.82) is 0 Å². The highest BCUT2D eigenvalue weighted by Gasteiger charge is 2.28. The average molecular weight is 294 g/mol. The normalized spacial score (nSPS) is 23.4. The van der Waals surface area contributed by atoms with Crippen LogP contribution < -0.4 is 5.32 Å². The van der Waals surface area contributed by atoms with Crippen molar-refractivity contribution in [3.8, 4) is 0 Å². The lowest BCUT2D eigenvalue weighted by Crippen LogP contribution is -2.35. The first kappa shape index (κ1) is 13.6. The van der Waals surface area contributed by atoms with E-state index in [0.717, 1.165) is 11.3 Å². The van der Waals surface area contributed by atoms with Gasteiger partial charge in [-0.15, -0.1) is 0 Å². The number of nitrogens with one attached hydrogen (secondary N) is 2. The van der Waals surface area contributed by atoms with Crippen LogP contribution in [0.3, 0.4) is 0 Å². The Hall–Kier alpha value is -1.36. The Morgan fingerprint density at radius 2 is 2.10 bits per heavy atom. The lowest BCUT2D eigenvalue weighted by Gasteiger charge is -2.35. The van der Waals surface area contributed by atoms with Crippen molar-refractivity contribution >= 4 is 28.6 Å². The van der Waals surface area contributed by atoms with Gasteiger partial charge in [-0.2, -0.15) is 9.97 Å². The van der Waals surface area contributed by atoms with Gasteiger partial charge in [0.25, 0.3) is 0 Å². The molecule has 1 saturated carbocycles. The van der Waals surface area contributed by atoms with Crippen LogP contribution in [0.2, 0.25) is 5.28 Å². The van der Waals surface area contributed by atoms with Crippen LogP contribution in [0.5, 0.6) is 0 Å². The fraction of sp³-hybridized carbons (Fsp3) is 0.643. The van der Waals surface area contributed by atoms with Crippen molar-refractivity contribution < 1.29 is 0 Å². The van der Waals surface area contributed by atoms with Crippen molar-refractivity contribution in [3.63, 3.8) is 0 Å². The maximum Gasteiger partial charge on any atom is 0.226 e. The van der Waals surface area contributed by atoms with E-state index >= 15 is 0 Å². The van der Waals surface area contributed by atoms with Gasteiger partial charge in [-0.25, -0.2) is 4.98 Å². The van der Waals surface area contributed by atoms with Gasteiger partial charge >= 0.3 is 0 Å². The summed E-state index contributed by atoms with van der Waals surface area (Å²) in [4.78, 5) is 15.7. The lowest BCUT2D eigenvalue weighted by molar-refractivity contribution is 0.253. The zero-order chi connectivity index (χ0) is 14.1. The second-order valence-electron chi connectivity index (χ2n) is 5.89. The highest BCUT2D eigenvalue weighted by Crippen LogP contribution is 2.33. The molecule has 3 rings (SSSR count). The van der Waals surface area contributed by atoms with Crippen LogP contribution >= 0.6 is 11.6 Å². The molecule has 1 aliphatic rings. The van der Waals surface area contributed by atoms with Crippen LogP contribution in [-0.2, 0) is 0 Å². The lowest BCUT2D eigenvalue weighted by atomic mass is 9.78. The summed E-state index contributed by atoms with van der Waals surface area (Å²) in [6, 6.07) is 0.446. The summed E-state index contributed by atoms with van der Waals surface area (Å²) < 4.78 is 0. The van der Waals surface area contributed by atoms with E-state index in [1.54, 1.807) is 6.33 Å². The highest BCUT2D eigenvalue weighted by molar-refractivity contribution is 6.28. The summed E-state index contributed by atoms with van der Waals surface area (Å²) in [5.74, 6) is 2.12. The van der Waals surface area contributed by atoms with E-state index in [1.165, 1.54) is 25.7 Å². The number of aromatic amines is 1. The van der Waals surface area contributed by atoms with Gasteiger partial charge in [0.15, 0.2) is 11.5 Å². The number of halogens is 1. The minimum absolute atomic E-state index is 0.240. The Bertz CT molecular complexity index is 594. The largest absolute Gasteiger partial charge is 0.365 e. The minimum atomic E-state index is 0.240. The Balaban J connectivity index is 1.89. The van der Waals surface area contributed by atoms with E-state index in [0.29, 0.717) is 23.5 Å². The minimum Gasteiger partial charge on any atom is -0.365 e. The van der Waals surface area contributed by atoms with Gasteiger partial charge in [0.2, 0.25) is 5.28 Å². The van der Waals surface area contributed by atoms with Crippen LogP contribution in [0.15, 0.2) is 6.33 Å². The molecule has 1 fully saturated rings. The zero-order valence-electron chi connectivity index (χ0n) is 11.9. The van der Waals surface area contributed by atoms with E-state index < -0.39 is 0 Å². The summed E-state index contributed by atoms with van der Waals surface area (Å²) in [6.07, 6.45) is 6.68. The molecule has 0 aromatic carbocycles. The molecule has 6 heteroatoms. The maximum atomic E-state index is 5.98. The number of nitrogens with zero attached hydrogens (tertiary/aromatic N) is 3. The molecule has 2 aromatic rings. The first-order chi connectivity index (χ1) is 9.65. The van der Waals surface area contributed by atoms with E-state index in [-0.39, 0.29) is 5.28 Å². The van der Waals surface area contributed by atoms with E-state index in [9.17, 15) is 0 Å². The topological polar surface area (TPSA) is 66.5 Å². The quantitative estimate of drug-likeness (QED) is 0.848. The third kappa shape index (κ3) is 2.59. The molecule has 108 valence electrons. The monoisotopic (exact) mass is 293 g/mol. The summed E-state index contributed by atoms with van der Waals surface area (Å²) in [7, 11) is 0. The third-order valence-electron chi connectivity index (χ3n) is 4.26. The number of H-pyrrole nitrogens is 1. The van der Waals surface area contributed by atoms with Crippen molar-refractivity contribution in [1.82, 2.24) is 19.9 Å². The van der Waals surface area contributed by atoms with Gasteiger partial charge in [-0.05, 0) is 36.3 Å². The first-order valence-electron chi connectivity index (χ1n) is 7.28. The SMILES string of the molecule is CC(C)C1CCCCC1Nc1nc(Cl)nc2nc[nH]c12. The smallest absolute Gasteiger partial charge is 0.226 e. The molecule has 2 N–H and O–H groups in total. The van der Waals surface area contributed by atoms with E-state index in [1.807, 2.05) is 0 Å². The third-order valence-corrected chi connectivity index (χ3v) is 4.43. The Labute approximate surface area is 123 Å². The summed E-state index contributed by atoms with van der Waals surface area (Å²) in [6.45, 7) is 4.59. The van der Waals surface area contributed by atoms with Gasteiger partial charge in [0, 0.05) is 6.04 Å². The molecule has 2 aromatic heterocycles. The predicted octanol–water partition coefficient (Wildman–Crippen LogP) is 3.63. The molecule has 0 amide bonds. The predicted molar refractivity (Wildman–Crippen MR) is 80.9 cm³/mol. The van der Waals surface area contributed by atoms with Crippen molar-refractivity contribution in [3.05, 3.63) is 11.6 Å². The number of fused-ring (bicyclic) bond motifs is 1. The number of hydrogen-bond acceptors (Lipinski definition) is 4. The molecular weight excluding hydrogens is 274 g/mol. The molecule has 0 radical (unpaired) electrons. The molecule has 0 spiro atoms. The molecule has 0 aliphatic heterocycles. The molecule has 5 nitrogen and oxygen atoms in total. The Kier molecular flexibility index (Phi) is 3.78. The zero-order valence-corrected chi connectivity index (χ0v) is 12.6. The molecule has 2 unspecified atom stereocenters. The maximum absolute atomic E-state index is 5.98. The van der Waals surface area contributed by atoms with Gasteiger partial charge in [-0.1, -0.05) is 26.7 Å². The van der Waals surface area contributed by atoms with E-state index in [4.69, 9.17) is 11.6 Å². The molecule has 1 aliphatic carbocycles. The first-order valence-corrected chi connectivity index (χ1v) is 7.66. The van der Waals surface area contributed by atoms with Crippen LogP contribution in [0, 0.1) is 11.8 Å². The molecule has 0 saturated heterocycles. The average Bonchev–Trinajstić information content (AvgIpc) is 2.87. The van der Waals surface area contributed by atoms with Crippen molar-refractivity contribution in [2.75, 3.05) is 5.32 Å². The summed E-state index contributed by atoms with van der Waals surface area (Å²) in [5.41, 5.74) is 1.45. The number of aromatic nitrogens is 4. The second kappa shape index (κ2) is 5.56. The van der Waals surface area contributed by atoms with E-state index in [2.05, 4.69) is 39.1 Å². The molecule has 20 heavy (non-hydrogen) atoms. The van der Waals surface area contributed by atoms with Crippen molar-refractivity contribution in [2.45, 2.75) is 45.6 Å². The molecule has 2 atom stereocenters. The van der Waals surface area contributed by atoms with Crippen LogP contribution in [0.25, 0.3) is 11.2 Å². The van der Waals surface area contributed by atoms with Crippen molar-refractivity contribution in [2.24, 2.45) is 11.8 Å². The van der Waals surface area contributed by atoms with Crippen LogP contribution in [0.1, 0.15) is 39.5 Å². The van der Waals surface area contributed by atoms with Gasteiger partial charge in [-0.3, -0.25) is 0 Å². The number of imidazole rings is 1. The highest BCUT2D eigenvalue weighted by atomic mass is 35.5. The Morgan fingerprint density at radius 3 is 2.90 bits per heavy atom. The second-order valence-corrected chi connectivity index (χ2v) is 6.22. The fourth-order valence-corrected chi connectivity index (χ4v) is 3.39. The molecular formula is C14H20ClN5. The van der Waals surface area contributed by atoms with Crippen LogP contribution in [0.4, 0.5) is 5.82 Å². The molecule has 2 heterocycles. The Morgan fingerprint density at radius 1 is 1.30 bits per heavy atom. The summed E-state index contributed by atoms with van der Waals surface area (Å²) >= 11 is 5.98.